The molecule has 0 amide bonds. The Morgan fingerprint density at radius 3 is 2.62 bits per heavy atom. The van der Waals surface area contributed by atoms with Crippen LogP contribution in [0.15, 0.2) is 5.16 Å². The normalized spacial score (nSPS) is 52.5. The molecule has 2 heteroatoms. The van der Waals surface area contributed by atoms with Crippen LogP contribution in [0.25, 0.3) is 0 Å². The first-order valence-corrected chi connectivity index (χ1v) is 10.6. The summed E-state index contributed by atoms with van der Waals surface area (Å²) in [6.07, 6.45) is 14.1. The molecule has 4 rings (SSSR count). The monoisotopic (exact) mass is 331 g/mol. The molecule has 0 aliphatic heterocycles. The van der Waals surface area contributed by atoms with Crippen molar-refractivity contribution in [1.82, 2.24) is 0 Å². The van der Waals surface area contributed by atoms with E-state index in [0.717, 1.165) is 23.7 Å². The molecule has 0 radical (unpaired) electrons. The van der Waals surface area contributed by atoms with E-state index in [0.29, 0.717) is 16.7 Å². The predicted octanol–water partition coefficient (Wildman–Crippen LogP) is 6.06. The fourth-order valence-corrected chi connectivity index (χ4v) is 8.12. The molecule has 0 saturated heterocycles. The smallest absolute Gasteiger partial charge is 0.106 e. The van der Waals surface area contributed by atoms with Gasteiger partial charge in [-0.15, -0.1) is 0 Å². The second kappa shape index (κ2) is 6.02. The SMILES string of the molecule is CC[C@H]1CCC2C3CC[C@@H]4CCCC[C@]4(C)C3C(=NOC)C[C@@]21C. The van der Waals surface area contributed by atoms with E-state index in [1.165, 1.54) is 69.9 Å². The lowest BCUT2D eigenvalue weighted by Gasteiger charge is -2.60. The van der Waals surface area contributed by atoms with E-state index in [9.17, 15) is 0 Å². The third kappa shape index (κ3) is 2.23. The number of rotatable bonds is 2. The molecule has 24 heavy (non-hydrogen) atoms. The molecular formula is C22H37NO. The second-order valence-electron chi connectivity index (χ2n) is 9.90. The minimum atomic E-state index is 0.477. The second-order valence-corrected chi connectivity index (χ2v) is 9.90. The zero-order chi connectivity index (χ0) is 16.9. The first-order chi connectivity index (χ1) is 11.5. The Morgan fingerprint density at radius 1 is 1.04 bits per heavy atom. The summed E-state index contributed by atoms with van der Waals surface area (Å²) in [7, 11) is 1.76. The molecule has 4 aliphatic carbocycles. The van der Waals surface area contributed by atoms with E-state index in [4.69, 9.17) is 9.99 Å². The molecule has 0 aromatic rings. The third-order valence-corrected chi connectivity index (χ3v) is 9.18. The fourth-order valence-electron chi connectivity index (χ4n) is 8.12. The van der Waals surface area contributed by atoms with Crippen molar-refractivity contribution < 1.29 is 4.84 Å². The molecule has 0 spiro atoms. The lowest BCUT2D eigenvalue weighted by Crippen LogP contribution is -2.56. The van der Waals surface area contributed by atoms with Crippen LogP contribution in [-0.4, -0.2) is 12.8 Å². The highest BCUT2D eigenvalue weighted by molar-refractivity contribution is 5.89. The van der Waals surface area contributed by atoms with E-state index in [2.05, 4.69) is 20.8 Å². The van der Waals surface area contributed by atoms with Gasteiger partial charge in [0.15, 0.2) is 0 Å². The van der Waals surface area contributed by atoms with Crippen molar-refractivity contribution in [2.24, 2.45) is 45.6 Å². The summed E-state index contributed by atoms with van der Waals surface area (Å²) in [5.41, 5.74) is 2.41. The summed E-state index contributed by atoms with van der Waals surface area (Å²) in [5.74, 6) is 4.33. The van der Waals surface area contributed by atoms with E-state index < -0.39 is 0 Å². The van der Waals surface area contributed by atoms with Gasteiger partial charge in [0.2, 0.25) is 0 Å². The van der Waals surface area contributed by atoms with Crippen LogP contribution < -0.4 is 0 Å². The van der Waals surface area contributed by atoms with Gasteiger partial charge in [-0.1, -0.05) is 45.2 Å². The molecule has 4 fully saturated rings. The van der Waals surface area contributed by atoms with Gasteiger partial charge in [0.05, 0.1) is 5.71 Å². The Kier molecular flexibility index (Phi) is 4.24. The first-order valence-electron chi connectivity index (χ1n) is 10.6. The Morgan fingerprint density at radius 2 is 1.88 bits per heavy atom. The molecule has 0 N–H and O–H groups in total. The van der Waals surface area contributed by atoms with E-state index in [1.54, 1.807) is 7.11 Å². The summed E-state index contributed by atoms with van der Waals surface area (Å²) < 4.78 is 0. The van der Waals surface area contributed by atoms with Crippen molar-refractivity contribution >= 4 is 5.71 Å². The Hall–Kier alpha value is -0.530. The van der Waals surface area contributed by atoms with Crippen molar-refractivity contribution in [3.8, 4) is 0 Å². The summed E-state index contributed by atoms with van der Waals surface area (Å²) in [6.45, 7) is 7.61. The van der Waals surface area contributed by atoms with Gasteiger partial charge in [-0.2, -0.15) is 0 Å². The van der Waals surface area contributed by atoms with Gasteiger partial charge < -0.3 is 4.84 Å². The summed E-state index contributed by atoms with van der Waals surface area (Å²) >= 11 is 0. The predicted molar refractivity (Wildman–Crippen MR) is 100.0 cm³/mol. The van der Waals surface area contributed by atoms with Crippen LogP contribution >= 0.6 is 0 Å². The third-order valence-electron chi connectivity index (χ3n) is 9.18. The number of fused-ring (bicyclic) bond motifs is 5. The van der Waals surface area contributed by atoms with E-state index >= 15 is 0 Å². The van der Waals surface area contributed by atoms with E-state index in [-0.39, 0.29) is 0 Å². The molecule has 7 atom stereocenters. The number of oxime groups is 1. The molecule has 0 aromatic heterocycles. The summed E-state index contributed by atoms with van der Waals surface area (Å²) in [4.78, 5) is 5.41. The lowest BCUT2D eigenvalue weighted by molar-refractivity contribution is -0.0602. The van der Waals surface area contributed by atoms with Crippen molar-refractivity contribution in [2.45, 2.75) is 85.0 Å². The summed E-state index contributed by atoms with van der Waals surface area (Å²) in [6, 6.07) is 0. The Bertz CT molecular complexity index is 514. The van der Waals surface area contributed by atoms with Crippen LogP contribution in [-0.2, 0) is 4.84 Å². The van der Waals surface area contributed by atoms with Crippen LogP contribution in [0.5, 0.6) is 0 Å². The van der Waals surface area contributed by atoms with Crippen LogP contribution in [0.4, 0.5) is 0 Å². The molecule has 2 nitrogen and oxygen atoms in total. The van der Waals surface area contributed by atoms with Gasteiger partial charge >= 0.3 is 0 Å². The summed E-state index contributed by atoms with van der Waals surface area (Å²) in [5, 5.41) is 4.70. The minimum Gasteiger partial charge on any atom is -0.399 e. The Balaban J connectivity index is 1.75. The van der Waals surface area contributed by atoms with Gasteiger partial charge in [-0.25, -0.2) is 0 Å². The number of nitrogens with zero attached hydrogens (tertiary/aromatic N) is 1. The molecule has 0 bridgehead atoms. The maximum atomic E-state index is 5.41. The topological polar surface area (TPSA) is 21.6 Å². The quantitative estimate of drug-likeness (QED) is 0.564. The highest BCUT2D eigenvalue weighted by Crippen LogP contribution is 2.67. The van der Waals surface area contributed by atoms with Gasteiger partial charge in [-0.05, 0) is 79.4 Å². The molecule has 4 saturated carbocycles. The van der Waals surface area contributed by atoms with Crippen molar-refractivity contribution in [2.75, 3.05) is 7.11 Å². The molecular weight excluding hydrogens is 294 g/mol. The molecule has 0 heterocycles. The van der Waals surface area contributed by atoms with Gasteiger partial charge in [0.1, 0.15) is 7.11 Å². The zero-order valence-corrected chi connectivity index (χ0v) is 16.3. The standard InChI is InChI=1S/C22H37NO/c1-5-15-10-12-18-17-11-9-16-8-6-7-13-21(16,2)20(17)19(23-24-4)14-22(15,18)3/h15-18,20H,5-14H2,1-4H3/t15-,16-,17?,18?,20?,21-,22+/m0/s1. The van der Waals surface area contributed by atoms with Crippen molar-refractivity contribution in [3.63, 3.8) is 0 Å². The maximum absolute atomic E-state index is 5.41. The largest absolute Gasteiger partial charge is 0.399 e. The molecule has 0 aromatic carbocycles. The highest BCUT2D eigenvalue weighted by atomic mass is 16.6. The fraction of sp³-hybridized carbons (Fsp3) is 0.955. The van der Waals surface area contributed by atoms with Crippen LogP contribution in [0, 0.1) is 40.4 Å². The maximum Gasteiger partial charge on any atom is 0.106 e. The van der Waals surface area contributed by atoms with Crippen LogP contribution in [0.3, 0.4) is 0 Å². The van der Waals surface area contributed by atoms with Gasteiger partial charge in [-0.3, -0.25) is 0 Å². The minimum absolute atomic E-state index is 0.477. The van der Waals surface area contributed by atoms with Gasteiger partial charge in [0, 0.05) is 5.92 Å². The number of hydrogen-bond acceptors (Lipinski definition) is 2. The lowest BCUT2D eigenvalue weighted by atomic mass is 9.44. The highest BCUT2D eigenvalue weighted by Gasteiger charge is 2.61. The average molecular weight is 332 g/mol. The average Bonchev–Trinajstić information content (AvgIpc) is 2.90. The van der Waals surface area contributed by atoms with Crippen LogP contribution in [0.1, 0.15) is 85.0 Å². The Labute approximate surface area is 148 Å². The van der Waals surface area contributed by atoms with E-state index in [1.807, 2.05) is 0 Å². The van der Waals surface area contributed by atoms with Crippen molar-refractivity contribution in [1.29, 1.82) is 0 Å². The number of hydrogen-bond donors (Lipinski definition) is 0. The molecule has 136 valence electrons. The van der Waals surface area contributed by atoms with Gasteiger partial charge in [0.25, 0.3) is 0 Å². The van der Waals surface area contributed by atoms with Crippen molar-refractivity contribution in [3.05, 3.63) is 0 Å². The first kappa shape index (κ1) is 16.9. The molecule has 3 unspecified atom stereocenters. The zero-order valence-electron chi connectivity index (χ0n) is 16.3. The van der Waals surface area contributed by atoms with Crippen LogP contribution in [0.2, 0.25) is 0 Å². The molecule has 4 aliphatic rings.